The number of hydrogen-bond donors (Lipinski definition) is 0. The van der Waals surface area contributed by atoms with Gasteiger partial charge in [0.15, 0.2) is 11.6 Å². The van der Waals surface area contributed by atoms with Crippen molar-refractivity contribution < 1.29 is 22.8 Å². The fourth-order valence-corrected chi connectivity index (χ4v) is 4.21. The molecule has 1 aromatic heterocycles. The lowest BCUT2D eigenvalue weighted by Gasteiger charge is -2.15. The van der Waals surface area contributed by atoms with E-state index in [0.29, 0.717) is 17.1 Å². The van der Waals surface area contributed by atoms with Gasteiger partial charge in [0.25, 0.3) is 11.8 Å². The summed E-state index contributed by atoms with van der Waals surface area (Å²) < 4.78 is 32.5. The number of imide groups is 1. The lowest BCUT2D eigenvalue weighted by molar-refractivity contribution is -0.119. The van der Waals surface area contributed by atoms with Crippen molar-refractivity contribution in [3.05, 3.63) is 93.8 Å². The van der Waals surface area contributed by atoms with Crippen molar-refractivity contribution in [1.29, 1.82) is 0 Å². The summed E-state index contributed by atoms with van der Waals surface area (Å²) in [6, 6.07) is 12.0. The molecular weight excluding hydrogens is 408 g/mol. The Morgan fingerprint density at radius 2 is 1.73 bits per heavy atom. The van der Waals surface area contributed by atoms with Crippen LogP contribution in [0.2, 0.25) is 0 Å². The molecule has 0 saturated carbocycles. The van der Waals surface area contributed by atoms with Gasteiger partial charge in [0.1, 0.15) is 5.76 Å². The maximum atomic E-state index is 13.8. The van der Waals surface area contributed by atoms with Crippen LogP contribution in [-0.2, 0) is 15.3 Å². The third-order valence-electron chi connectivity index (χ3n) is 4.94. The van der Waals surface area contributed by atoms with E-state index in [0.717, 1.165) is 28.2 Å². The molecule has 0 unspecified atom stereocenters. The van der Waals surface area contributed by atoms with Gasteiger partial charge in [-0.15, -0.1) is 11.8 Å². The molecule has 2 amide bonds. The molecule has 4 nitrogen and oxygen atoms in total. The van der Waals surface area contributed by atoms with E-state index < -0.39 is 23.4 Å². The van der Waals surface area contributed by atoms with Crippen molar-refractivity contribution in [3.8, 4) is 0 Å². The third kappa shape index (κ3) is 3.57. The number of furan rings is 1. The highest BCUT2D eigenvalue weighted by atomic mass is 32.2. The largest absolute Gasteiger partial charge is 0.468 e. The Morgan fingerprint density at radius 3 is 2.40 bits per heavy atom. The van der Waals surface area contributed by atoms with Crippen molar-refractivity contribution in [2.45, 2.75) is 19.6 Å². The third-order valence-corrected chi connectivity index (χ3v) is 6.03. The van der Waals surface area contributed by atoms with E-state index in [2.05, 4.69) is 0 Å². The smallest absolute Gasteiger partial charge is 0.272 e. The van der Waals surface area contributed by atoms with Crippen LogP contribution in [0.25, 0.3) is 5.57 Å². The van der Waals surface area contributed by atoms with Gasteiger partial charge in [0, 0.05) is 6.07 Å². The molecule has 0 saturated heterocycles. The van der Waals surface area contributed by atoms with Crippen molar-refractivity contribution >= 4 is 34.8 Å². The molecule has 2 heterocycles. The molecule has 0 aliphatic carbocycles. The number of rotatable bonds is 5. The molecule has 0 bridgehead atoms. The summed E-state index contributed by atoms with van der Waals surface area (Å²) in [7, 11) is 0. The van der Waals surface area contributed by atoms with Gasteiger partial charge in [-0.05, 0) is 54.8 Å². The Labute approximate surface area is 176 Å². The SMILES string of the molecule is Cc1ccc(C2=C(SCc3ccco3)C(=O)N(c3ccc(F)c(F)c3)C2=O)cc1C. The minimum atomic E-state index is -1.13. The van der Waals surface area contributed by atoms with Gasteiger partial charge >= 0.3 is 0 Å². The highest BCUT2D eigenvalue weighted by Gasteiger charge is 2.40. The summed E-state index contributed by atoms with van der Waals surface area (Å²) in [5.41, 5.74) is 2.85. The predicted molar refractivity (Wildman–Crippen MR) is 112 cm³/mol. The fraction of sp³-hybridized carbons (Fsp3) is 0.130. The second-order valence-corrected chi connectivity index (χ2v) is 7.90. The number of anilines is 1. The monoisotopic (exact) mass is 425 g/mol. The van der Waals surface area contributed by atoms with Crippen LogP contribution < -0.4 is 4.90 Å². The molecule has 7 heteroatoms. The predicted octanol–water partition coefficient (Wildman–Crippen LogP) is 5.39. The number of aryl methyl sites for hydroxylation is 2. The second-order valence-electron chi connectivity index (χ2n) is 6.92. The van der Waals surface area contributed by atoms with Crippen LogP contribution in [0.4, 0.5) is 14.5 Å². The van der Waals surface area contributed by atoms with Gasteiger partial charge in [0.05, 0.1) is 28.2 Å². The zero-order chi connectivity index (χ0) is 21.4. The molecule has 2 aromatic carbocycles. The van der Waals surface area contributed by atoms with E-state index in [9.17, 15) is 18.4 Å². The molecule has 0 spiro atoms. The van der Waals surface area contributed by atoms with Crippen LogP contribution in [0.15, 0.2) is 64.1 Å². The summed E-state index contributed by atoms with van der Waals surface area (Å²) in [4.78, 5) is 27.6. The van der Waals surface area contributed by atoms with Crippen molar-refractivity contribution in [1.82, 2.24) is 0 Å². The number of thioether (sulfide) groups is 1. The standard InChI is InChI=1S/C23H17F2NO3S/c1-13-5-6-15(10-14(13)2)20-21(30-12-17-4-3-9-29-17)23(28)26(22(20)27)16-7-8-18(24)19(25)11-16/h3-11H,12H2,1-2H3. The molecule has 0 N–H and O–H groups in total. The maximum Gasteiger partial charge on any atom is 0.272 e. The minimum Gasteiger partial charge on any atom is -0.468 e. The molecule has 4 rings (SSSR count). The Morgan fingerprint density at radius 1 is 0.933 bits per heavy atom. The molecule has 0 fully saturated rings. The topological polar surface area (TPSA) is 50.5 Å². The van der Waals surface area contributed by atoms with Crippen molar-refractivity contribution in [2.24, 2.45) is 0 Å². The van der Waals surface area contributed by atoms with E-state index >= 15 is 0 Å². The average molecular weight is 425 g/mol. The quantitative estimate of drug-likeness (QED) is 0.514. The minimum absolute atomic E-state index is 0.0150. The molecule has 152 valence electrons. The van der Waals surface area contributed by atoms with Crippen LogP contribution >= 0.6 is 11.8 Å². The summed E-state index contributed by atoms with van der Waals surface area (Å²) in [6.45, 7) is 3.87. The zero-order valence-electron chi connectivity index (χ0n) is 16.2. The molecule has 0 atom stereocenters. The number of benzene rings is 2. The Bertz CT molecular complexity index is 1190. The lowest BCUT2D eigenvalue weighted by atomic mass is 10.0. The van der Waals surface area contributed by atoms with E-state index in [1.807, 2.05) is 26.0 Å². The summed E-state index contributed by atoms with van der Waals surface area (Å²) in [6.07, 6.45) is 1.53. The molecule has 1 aliphatic heterocycles. The second kappa shape index (κ2) is 7.91. The number of amides is 2. The number of carbonyl (C=O) groups is 2. The molecule has 1 aliphatic rings. The first-order valence-electron chi connectivity index (χ1n) is 9.17. The van der Waals surface area contributed by atoms with Gasteiger partial charge in [-0.3, -0.25) is 9.59 Å². The van der Waals surface area contributed by atoms with Crippen LogP contribution in [0, 0.1) is 25.5 Å². The van der Waals surface area contributed by atoms with E-state index in [-0.39, 0.29) is 16.2 Å². The molecule has 0 radical (unpaired) electrons. The number of carbonyl (C=O) groups excluding carboxylic acids is 2. The summed E-state index contributed by atoms with van der Waals surface area (Å²) in [5, 5.41) is 0. The van der Waals surface area contributed by atoms with Crippen LogP contribution in [0.3, 0.4) is 0 Å². The van der Waals surface area contributed by atoms with Gasteiger partial charge in [-0.2, -0.15) is 0 Å². The van der Waals surface area contributed by atoms with Gasteiger partial charge in [-0.25, -0.2) is 13.7 Å². The first kappa shape index (κ1) is 20.1. The van der Waals surface area contributed by atoms with E-state index in [4.69, 9.17) is 4.42 Å². The van der Waals surface area contributed by atoms with Crippen LogP contribution in [0.5, 0.6) is 0 Å². The lowest BCUT2D eigenvalue weighted by Crippen LogP contribution is -2.31. The van der Waals surface area contributed by atoms with Gasteiger partial charge in [-0.1, -0.05) is 18.2 Å². The summed E-state index contributed by atoms with van der Waals surface area (Å²) in [5.74, 6) is -2.32. The van der Waals surface area contributed by atoms with E-state index in [1.165, 1.54) is 24.1 Å². The number of halogens is 2. The zero-order valence-corrected chi connectivity index (χ0v) is 17.1. The Balaban J connectivity index is 1.78. The van der Waals surface area contributed by atoms with Gasteiger partial charge in [0.2, 0.25) is 0 Å². The summed E-state index contributed by atoms with van der Waals surface area (Å²) >= 11 is 1.18. The highest BCUT2D eigenvalue weighted by Crippen LogP contribution is 2.40. The number of hydrogen-bond acceptors (Lipinski definition) is 4. The van der Waals surface area contributed by atoms with Crippen molar-refractivity contribution in [2.75, 3.05) is 4.90 Å². The van der Waals surface area contributed by atoms with Gasteiger partial charge < -0.3 is 4.42 Å². The van der Waals surface area contributed by atoms with Crippen LogP contribution in [0.1, 0.15) is 22.5 Å². The van der Waals surface area contributed by atoms with Crippen molar-refractivity contribution in [3.63, 3.8) is 0 Å². The molecule has 3 aromatic rings. The van der Waals surface area contributed by atoms with Crippen LogP contribution in [-0.4, -0.2) is 11.8 Å². The first-order valence-corrected chi connectivity index (χ1v) is 10.2. The van der Waals surface area contributed by atoms with E-state index in [1.54, 1.807) is 18.2 Å². The Hall–Kier alpha value is -3.19. The fourth-order valence-electron chi connectivity index (χ4n) is 3.19. The first-order chi connectivity index (χ1) is 14.4. The maximum absolute atomic E-state index is 13.8. The Kier molecular flexibility index (Phi) is 5.30. The normalized spacial score (nSPS) is 14.2. The molecular formula is C23H17F2NO3S. The molecule has 30 heavy (non-hydrogen) atoms. The average Bonchev–Trinajstić information content (AvgIpc) is 3.31. The highest BCUT2D eigenvalue weighted by molar-refractivity contribution is 8.03. The number of nitrogens with zero attached hydrogens (tertiary/aromatic N) is 1.